The van der Waals surface area contributed by atoms with Crippen LogP contribution < -0.4 is 4.74 Å². The number of aryl methyl sites for hydroxylation is 1. The predicted molar refractivity (Wildman–Crippen MR) is 78.4 cm³/mol. The Balaban J connectivity index is 2.15. The smallest absolute Gasteiger partial charge is 0.150 e. The SMILES string of the molecule is COc1ccc2c(c1)CCC(c1cccnc1)=C2C=O. The first-order valence-electron chi connectivity index (χ1n) is 6.59. The molecule has 0 bridgehead atoms. The Morgan fingerprint density at radius 3 is 2.85 bits per heavy atom. The average Bonchev–Trinajstić information content (AvgIpc) is 2.53. The Morgan fingerprint density at radius 1 is 1.25 bits per heavy atom. The molecule has 1 aromatic heterocycles. The Kier molecular flexibility index (Phi) is 3.33. The molecule has 0 saturated carbocycles. The van der Waals surface area contributed by atoms with E-state index in [9.17, 15) is 4.79 Å². The number of rotatable bonds is 3. The molecule has 1 aliphatic rings. The van der Waals surface area contributed by atoms with Crippen molar-refractivity contribution in [2.24, 2.45) is 0 Å². The zero-order chi connectivity index (χ0) is 13.9. The molecule has 2 aromatic rings. The molecule has 1 heterocycles. The topological polar surface area (TPSA) is 39.2 Å². The molecule has 0 saturated heterocycles. The molecule has 0 radical (unpaired) electrons. The van der Waals surface area contributed by atoms with Crippen LogP contribution >= 0.6 is 0 Å². The molecule has 100 valence electrons. The molecule has 0 N–H and O–H groups in total. The molecule has 3 rings (SSSR count). The minimum atomic E-state index is 0.766. The molecular formula is C17H15NO2. The van der Waals surface area contributed by atoms with E-state index in [1.807, 2.05) is 36.5 Å². The summed E-state index contributed by atoms with van der Waals surface area (Å²) in [6.07, 6.45) is 6.26. The van der Waals surface area contributed by atoms with Crippen LogP contribution in [0.4, 0.5) is 0 Å². The fraction of sp³-hybridized carbons (Fsp3) is 0.176. The van der Waals surface area contributed by atoms with Crippen molar-refractivity contribution >= 4 is 17.4 Å². The molecule has 3 nitrogen and oxygen atoms in total. The molecule has 20 heavy (non-hydrogen) atoms. The number of methoxy groups -OCH3 is 1. The summed E-state index contributed by atoms with van der Waals surface area (Å²) in [6, 6.07) is 9.77. The minimum Gasteiger partial charge on any atom is -0.497 e. The van der Waals surface area contributed by atoms with Gasteiger partial charge in [-0.3, -0.25) is 9.78 Å². The fourth-order valence-corrected chi connectivity index (χ4v) is 2.70. The number of benzene rings is 1. The summed E-state index contributed by atoms with van der Waals surface area (Å²) in [4.78, 5) is 15.7. The maximum absolute atomic E-state index is 11.6. The Bertz CT molecular complexity index is 675. The first-order valence-corrected chi connectivity index (χ1v) is 6.59. The molecule has 3 heteroatoms. The van der Waals surface area contributed by atoms with E-state index in [-0.39, 0.29) is 0 Å². The number of nitrogens with zero attached hydrogens (tertiary/aromatic N) is 1. The number of carbonyl (C=O) groups is 1. The van der Waals surface area contributed by atoms with Crippen LogP contribution in [0.5, 0.6) is 5.75 Å². The van der Waals surface area contributed by atoms with Gasteiger partial charge in [0, 0.05) is 18.0 Å². The zero-order valence-corrected chi connectivity index (χ0v) is 11.3. The van der Waals surface area contributed by atoms with E-state index in [0.717, 1.165) is 47.2 Å². The van der Waals surface area contributed by atoms with Crippen molar-refractivity contribution in [3.8, 4) is 5.75 Å². The maximum atomic E-state index is 11.6. The molecule has 0 amide bonds. The van der Waals surface area contributed by atoms with Gasteiger partial charge in [0.1, 0.15) is 5.75 Å². The van der Waals surface area contributed by atoms with Crippen molar-refractivity contribution in [1.29, 1.82) is 0 Å². The lowest BCUT2D eigenvalue weighted by atomic mass is 9.83. The lowest BCUT2D eigenvalue weighted by Crippen LogP contribution is -2.06. The summed E-state index contributed by atoms with van der Waals surface area (Å²) in [5.41, 5.74) is 5.04. The zero-order valence-electron chi connectivity index (χ0n) is 11.3. The van der Waals surface area contributed by atoms with Crippen LogP contribution in [0.25, 0.3) is 11.1 Å². The highest BCUT2D eigenvalue weighted by Crippen LogP contribution is 2.36. The van der Waals surface area contributed by atoms with Crippen molar-refractivity contribution in [2.75, 3.05) is 7.11 Å². The molecule has 0 fully saturated rings. The summed E-state index contributed by atoms with van der Waals surface area (Å²) >= 11 is 0. The van der Waals surface area contributed by atoms with Gasteiger partial charge in [-0.15, -0.1) is 0 Å². The normalized spacial score (nSPS) is 13.8. The molecule has 1 aromatic carbocycles. The van der Waals surface area contributed by atoms with Crippen molar-refractivity contribution in [2.45, 2.75) is 12.8 Å². The third-order valence-electron chi connectivity index (χ3n) is 3.70. The second-order valence-electron chi connectivity index (χ2n) is 4.77. The van der Waals surface area contributed by atoms with Crippen LogP contribution in [-0.2, 0) is 11.2 Å². The standard InChI is InChI=1S/C17H15NO2/c1-20-14-5-7-15-12(9-14)4-6-16(17(15)11-19)13-3-2-8-18-10-13/h2-3,5,7-11H,4,6H2,1H3. The summed E-state index contributed by atoms with van der Waals surface area (Å²) in [7, 11) is 1.65. The first-order chi connectivity index (χ1) is 9.83. The molecule has 1 aliphatic carbocycles. The number of hydrogen-bond acceptors (Lipinski definition) is 3. The van der Waals surface area contributed by atoms with Crippen LogP contribution in [0.1, 0.15) is 23.1 Å². The number of ether oxygens (including phenoxy) is 1. The molecule has 0 spiro atoms. The van der Waals surface area contributed by atoms with Crippen molar-refractivity contribution in [1.82, 2.24) is 4.98 Å². The second-order valence-corrected chi connectivity index (χ2v) is 4.77. The third-order valence-corrected chi connectivity index (χ3v) is 3.70. The maximum Gasteiger partial charge on any atom is 0.150 e. The summed E-state index contributed by atoms with van der Waals surface area (Å²) < 4.78 is 5.25. The highest BCUT2D eigenvalue weighted by Gasteiger charge is 2.20. The van der Waals surface area contributed by atoms with Gasteiger partial charge in [0.05, 0.1) is 7.11 Å². The van der Waals surface area contributed by atoms with Gasteiger partial charge in [0.25, 0.3) is 0 Å². The minimum absolute atomic E-state index is 0.766. The summed E-state index contributed by atoms with van der Waals surface area (Å²) in [6.45, 7) is 0. The quantitative estimate of drug-likeness (QED) is 0.800. The number of aldehydes is 1. The lowest BCUT2D eigenvalue weighted by molar-refractivity contribution is -0.103. The largest absolute Gasteiger partial charge is 0.497 e. The van der Waals surface area contributed by atoms with Gasteiger partial charge in [-0.2, -0.15) is 0 Å². The summed E-state index contributed by atoms with van der Waals surface area (Å²) in [5, 5.41) is 0. The van der Waals surface area contributed by atoms with Gasteiger partial charge in [-0.05, 0) is 53.3 Å². The monoisotopic (exact) mass is 265 g/mol. The number of aromatic nitrogens is 1. The van der Waals surface area contributed by atoms with Gasteiger partial charge in [-0.1, -0.05) is 12.1 Å². The number of fused-ring (bicyclic) bond motifs is 1. The van der Waals surface area contributed by atoms with Crippen LogP contribution in [0.15, 0.2) is 42.7 Å². The van der Waals surface area contributed by atoms with Crippen molar-refractivity contribution < 1.29 is 9.53 Å². The molecule has 0 aliphatic heterocycles. The second kappa shape index (κ2) is 5.29. The third kappa shape index (κ3) is 2.11. The predicted octanol–water partition coefficient (Wildman–Crippen LogP) is 3.15. The Morgan fingerprint density at radius 2 is 2.15 bits per heavy atom. The van der Waals surface area contributed by atoms with E-state index >= 15 is 0 Å². The van der Waals surface area contributed by atoms with Gasteiger partial charge in [0.2, 0.25) is 0 Å². The Labute approximate surface area is 117 Å². The van der Waals surface area contributed by atoms with Gasteiger partial charge >= 0.3 is 0 Å². The van der Waals surface area contributed by atoms with Crippen LogP contribution in [0, 0.1) is 0 Å². The lowest BCUT2D eigenvalue weighted by Gasteiger charge is -2.21. The van der Waals surface area contributed by atoms with Crippen LogP contribution in [0.2, 0.25) is 0 Å². The van der Waals surface area contributed by atoms with Gasteiger partial charge in [0.15, 0.2) is 6.29 Å². The van der Waals surface area contributed by atoms with Crippen LogP contribution in [0.3, 0.4) is 0 Å². The van der Waals surface area contributed by atoms with E-state index in [1.165, 1.54) is 5.56 Å². The number of carbonyl (C=O) groups excluding carboxylic acids is 1. The van der Waals surface area contributed by atoms with E-state index in [1.54, 1.807) is 13.3 Å². The fourth-order valence-electron chi connectivity index (χ4n) is 2.70. The highest BCUT2D eigenvalue weighted by atomic mass is 16.5. The van der Waals surface area contributed by atoms with E-state index in [4.69, 9.17) is 4.74 Å². The van der Waals surface area contributed by atoms with E-state index < -0.39 is 0 Å². The number of hydrogen-bond donors (Lipinski definition) is 0. The van der Waals surface area contributed by atoms with E-state index in [0.29, 0.717) is 0 Å². The van der Waals surface area contributed by atoms with Crippen molar-refractivity contribution in [3.63, 3.8) is 0 Å². The van der Waals surface area contributed by atoms with Gasteiger partial charge in [-0.25, -0.2) is 0 Å². The van der Waals surface area contributed by atoms with Crippen molar-refractivity contribution in [3.05, 3.63) is 59.4 Å². The average molecular weight is 265 g/mol. The summed E-state index contributed by atoms with van der Waals surface area (Å²) in [5.74, 6) is 0.832. The molecule has 0 unspecified atom stereocenters. The molecular weight excluding hydrogens is 250 g/mol. The number of allylic oxidation sites excluding steroid dienone is 2. The van der Waals surface area contributed by atoms with Gasteiger partial charge < -0.3 is 4.74 Å². The molecule has 0 atom stereocenters. The Hall–Kier alpha value is -2.42. The highest BCUT2D eigenvalue weighted by molar-refractivity contribution is 6.18. The number of pyridine rings is 1. The first kappa shape index (κ1) is 12.6. The van der Waals surface area contributed by atoms with E-state index in [2.05, 4.69) is 4.98 Å². The van der Waals surface area contributed by atoms with Crippen LogP contribution in [-0.4, -0.2) is 18.4 Å².